The van der Waals surface area contributed by atoms with Crippen molar-refractivity contribution in [2.75, 3.05) is 12.4 Å². The molecular formula is C16H16N2O6S. The highest BCUT2D eigenvalue weighted by Gasteiger charge is 2.22. The summed E-state index contributed by atoms with van der Waals surface area (Å²) < 4.78 is 10.2. The summed E-state index contributed by atoms with van der Waals surface area (Å²) in [5.74, 6) is -0.964. The summed E-state index contributed by atoms with van der Waals surface area (Å²) in [4.78, 5) is 35.0. The van der Waals surface area contributed by atoms with Crippen molar-refractivity contribution in [2.24, 2.45) is 0 Å². The van der Waals surface area contributed by atoms with Gasteiger partial charge in [-0.25, -0.2) is 4.79 Å². The minimum absolute atomic E-state index is 0.122. The molecule has 0 fully saturated rings. The van der Waals surface area contributed by atoms with E-state index >= 15 is 0 Å². The largest absolute Gasteiger partial charge is 0.495 e. The number of nitrogens with zero attached hydrogens (tertiary/aromatic N) is 1. The predicted octanol–water partition coefficient (Wildman–Crippen LogP) is 3.16. The third-order valence-electron chi connectivity index (χ3n) is 3.35. The molecule has 0 unspecified atom stereocenters. The number of hydrogen-bond donors (Lipinski definition) is 1. The normalized spacial score (nSPS) is 11.5. The number of nitro groups is 1. The van der Waals surface area contributed by atoms with Gasteiger partial charge in [-0.05, 0) is 36.9 Å². The lowest BCUT2D eigenvalue weighted by molar-refractivity contribution is -0.384. The molecule has 0 saturated carbocycles. The molecule has 0 saturated heterocycles. The molecule has 1 aromatic heterocycles. The first-order chi connectivity index (χ1) is 11.8. The second-order valence-electron chi connectivity index (χ2n) is 5.11. The number of carbonyl (C=O) groups is 2. The molecule has 1 heterocycles. The maximum absolute atomic E-state index is 12.2. The smallest absolute Gasteiger partial charge is 0.349 e. The number of nitrogens with one attached hydrogen (secondary N) is 1. The van der Waals surface area contributed by atoms with Gasteiger partial charge in [0.2, 0.25) is 0 Å². The topological polar surface area (TPSA) is 108 Å². The van der Waals surface area contributed by atoms with Crippen molar-refractivity contribution in [1.29, 1.82) is 0 Å². The van der Waals surface area contributed by atoms with Gasteiger partial charge in [-0.15, -0.1) is 11.3 Å². The molecular weight excluding hydrogens is 348 g/mol. The molecule has 2 aromatic rings. The highest BCUT2D eigenvalue weighted by molar-refractivity contribution is 7.12. The van der Waals surface area contributed by atoms with Crippen LogP contribution in [0.5, 0.6) is 5.75 Å². The third kappa shape index (κ3) is 4.32. The third-order valence-corrected chi connectivity index (χ3v) is 4.35. The van der Waals surface area contributed by atoms with Crippen LogP contribution >= 0.6 is 11.3 Å². The Morgan fingerprint density at radius 1 is 1.32 bits per heavy atom. The highest BCUT2D eigenvalue weighted by Crippen LogP contribution is 2.29. The summed E-state index contributed by atoms with van der Waals surface area (Å²) in [5.41, 5.74) is 0.690. The Bertz CT molecular complexity index is 817. The maximum Gasteiger partial charge on any atom is 0.349 e. The van der Waals surface area contributed by atoms with Crippen molar-refractivity contribution in [3.05, 3.63) is 50.2 Å². The Morgan fingerprint density at radius 2 is 2.04 bits per heavy atom. The SMILES string of the molecule is COc1ccc([N+](=O)[O-])cc1NC(=O)[C@H](C)OC(=O)c1sccc1C. The van der Waals surface area contributed by atoms with Crippen LogP contribution in [0.1, 0.15) is 22.2 Å². The summed E-state index contributed by atoms with van der Waals surface area (Å²) in [6, 6.07) is 5.59. The number of nitro benzene ring substituents is 1. The van der Waals surface area contributed by atoms with Crippen molar-refractivity contribution < 1.29 is 24.0 Å². The zero-order valence-corrected chi connectivity index (χ0v) is 14.6. The van der Waals surface area contributed by atoms with E-state index in [1.165, 1.54) is 43.6 Å². The molecule has 0 radical (unpaired) electrons. The maximum atomic E-state index is 12.2. The Balaban J connectivity index is 2.10. The van der Waals surface area contributed by atoms with Gasteiger partial charge in [0.15, 0.2) is 6.10 Å². The molecule has 1 atom stereocenters. The minimum Gasteiger partial charge on any atom is -0.495 e. The zero-order chi connectivity index (χ0) is 18.6. The van der Waals surface area contributed by atoms with E-state index in [1.54, 1.807) is 18.4 Å². The minimum atomic E-state index is -1.09. The van der Waals surface area contributed by atoms with Crippen LogP contribution < -0.4 is 10.1 Å². The molecule has 0 aliphatic heterocycles. The number of hydrogen-bond acceptors (Lipinski definition) is 7. The lowest BCUT2D eigenvalue weighted by atomic mass is 10.2. The summed E-state index contributed by atoms with van der Waals surface area (Å²) in [6.45, 7) is 3.19. The molecule has 1 aromatic carbocycles. The number of non-ortho nitro benzene ring substituents is 1. The van der Waals surface area contributed by atoms with Crippen molar-refractivity contribution in [2.45, 2.75) is 20.0 Å². The molecule has 2 rings (SSSR count). The van der Waals surface area contributed by atoms with Crippen molar-refractivity contribution >= 4 is 34.6 Å². The number of amides is 1. The van der Waals surface area contributed by atoms with Crippen molar-refractivity contribution in [3.63, 3.8) is 0 Å². The molecule has 0 aliphatic carbocycles. The summed E-state index contributed by atoms with van der Waals surface area (Å²) in [5, 5.41) is 15.1. The number of rotatable bonds is 6. The molecule has 9 heteroatoms. The standard InChI is InChI=1S/C16H16N2O6S/c1-9-6-7-25-14(9)16(20)24-10(2)15(19)17-12-8-11(18(21)22)4-5-13(12)23-3/h4-8,10H,1-3H3,(H,17,19)/t10-/m0/s1. The van der Waals surface area contributed by atoms with Gasteiger partial charge in [-0.1, -0.05) is 0 Å². The summed E-state index contributed by atoms with van der Waals surface area (Å²) in [7, 11) is 1.37. The number of methoxy groups -OCH3 is 1. The van der Waals surface area contributed by atoms with Gasteiger partial charge in [0.25, 0.3) is 11.6 Å². The summed E-state index contributed by atoms with van der Waals surface area (Å²) in [6.07, 6.45) is -1.09. The number of benzene rings is 1. The monoisotopic (exact) mass is 364 g/mol. The molecule has 0 spiro atoms. The van der Waals surface area contributed by atoms with Gasteiger partial charge in [0, 0.05) is 12.1 Å². The van der Waals surface area contributed by atoms with E-state index in [1.807, 2.05) is 0 Å². The quantitative estimate of drug-likeness (QED) is 0.479. The van der Waals surface area contributed by atoms with E-state index in [0.29, 0.717) is 4.88 Å². The lowest BCUT2D eigenvalue weighted by Gasteiger charge is -2.15. The van der Waals surface area contributed by atoms with Gasteiger partial charge in [-0.2, -0.15) is 0 Å². The first-order valence-electron chi connectivity index (χ1n) is 7.22. The Morgan fingerprint density at radius 3 is 2.60 bits per heavy atom. The van der Waals surface area contributed by atoms with E-state index in [-0.39, 0.29) is 17.1 Å². The molecule has 0 bridgehead atoms. The Kier molecular flexibility index (Phi) is 5.71. The zero-order valence-electron chi connectivity index (χ0n) is 13.8. The van der Waals surface area contributed by atoms with Crippen LogP contribution in [-0.2, 0) is 9.53 Å². The number of thiophene rings is 1. The first-order valence-corrected chi connectivity index (χ1v) is 8.09. The van der Waals surface area contributed by atoms with E-state index in [9.17, 15) is 19.7 Å². The molecule has 1 N–H and O–H groups in total. The van der Waals surface area contributed by atoms with Gasteiger partial charge >= 0.3 is 5.97 Å². The molecule has 132 valence electrons. The fraction of sp³-hybridized carbons (Fsp3) is 0.250. The van der Waals surface area contributed by atoms with Crippen LogP contribution in [-0.4, -0.2) is 30.0 Å². The number of esters is 1. The van der Waals surface area contributed by atoms with Crippen LogP contribution in [0.3, 0.4) is 0 Å². The first kappa shape index (κ1) is 18.4. The van der Waals surface area contributed by atoms with Crippen LogP contribution in [0.25, 0.3) is 0 Å². The average molecular weight is 364 g/mol. The van der Waals surface area contributed by atoms with Crippen molar-refractivity contribution in [1.82, 2.24) is 0 Å². The molecule has 0 aliphatic rings. The van der Waals surface area contributed by atoms with Gasteiger partial charge < -0.3 is 14.8 Å². The second kappa shape index (κ2) is 7.75. The second-order valence-corrected chi connectivity index (χ2v) is 6.03. The number of ether oxygens (including phenoxy) is 2. The van der Waals surface area contributed by atoms with Gasteiger partial charge in [0.1, 0.15) is 10.6 Å². The Hall–Kier alpha value is -2.94. The van der Waals surface area contributed by atoms with E-state index in [2.05, 4.69) is 5.32 Å². The molecule has 25 heavy (non-hydrogen) atoms. The Labute approximate surface area is 147 Å². The van der Waals surface area contributed by atoms with Gasteiger partial charge in [-0.3, -0.25) is 14.9 Å². The van der Waals surface area contributed by atoms with Crippen LogP contribution in [0.2, 0.25) is 0 Å². The molecule has 8 nitrogen and oxygen atoms in total. The van der Waals surface area contributed by atoms with E-state index in [4.69, 9.17) is 9.47 Å². The average Bonchev–Trinajstić information content (AvgIpc) is 3.00. The molecule has 1 amide bonds. The van der Waals surface area contributed by atoms with Crippen LogP contribution in [0.15, 0.2) is 29.6 Å². The number of carbonyl (C=O) groups excluding carboxylic acids is 2. The predicted molar refractivity (Wildman–Crippen MR) is 92.2 cm³/mol. The fourth-order valence-electron chi connectivity index (χ4n) is 1.99. The lowest BCUT2D eigenvalue weighted by Crippen LogP contribution is -2.30. The van der Waals surface area contributed by atoms with Crippen LogP contribution in [0.4, 0.5) is 11.4 Å². The van der Waals surface area contributed by atoms with Crippen molar-refractivity contribution in [3.8, 4) is 5.75 Å². The van der Waals surface area contributed by atoms with Gasteiger partial charge in [0.05, 0.1) is 17.7 Å². The van der Waals surface area contributed by atoms with E-state index < -0.39 is 22.9 Å². The number of aryl methyl sites for hydroxylation is 1. The fourth-order valence-corrected chi connectivity index (χ4v) is 2.80. The van der Waals surface area contributed by atoms with E-state index in [0.717, 1.165) is 5.56 Å². The van der Waals surface area contributed by atoms with Crippen LogP contribution in [0, 0.1) is 17.0 Å². The summed E-state index contributed by atoms with van der Waals surface area (Å²) >= 11 is 1.23. The highest BCUT2D eigenvalue weighted by atomic mass is 32.1. The number of anilines is 1.